The van der Waals surface area contributed by atoms with Gasteiger partial charge in [-0.2, -0.15) is 0 Å². The molecule has 2 heterocycles. The van der Waals surface area contributed by atoms with Gasteiger partial charge < -0.3 is 4.90 Å². The van der Waals surface area contributed by atoms with Crippen LogP contribution in [0.1, 0.15) is 25.3 Å². The Kier molecular flexibility index (Phi) is 5.62. The van der Waals surface area contributed by atoms with Crippen LogP contribution in [0, 0.1) is 0 Å². The van der Waals surface area contributed by atoms with Crippen LogP contribution in [0.2, 0.25) is 0 Å². The number of benzene rings is 1. The Morgan fingerprint density at radius 2 is 2.17 bits per heavy atom. The van der Waals surface area contributed by atoms with Gasteiger partial charge in [0, 0.05) is 43.9 Å². The number of likely N-dealkylation sites (tertiary alicyclic amines) is 1. The van der Waals surface area contributed by atoms with Crippen LogP contribution >= 0.6 is 11.8 Å². The van der Waals surface area contributed by atoms with Gasteiger partial charge in [-0.25, -0.2) is 0 Å². The SMILES string of the molecule is C[C@@H]1C[C@@H](N(C)C(=O)[C@@H]2CSCN2)CCN1Cc1ccccc1. The van der Waals surface area contributed by atoms with Gasteiger partial charge in [0.1, 0.15) is 0 Å². The van der Waals surface area contributed by atoms with E-state index in [4.69, 9.17) is 0 Å². The second-order valence-electron chi connectivity index (χ2n) is 6.70. The second-order valence-corrected chi connectivity index (χ2v) is 7.73. The van der Waals surface area contributed by atoms with Crippen molar-refractivity contribution in [2.75, 3.05) is 25.2 Å². The first-order valence-electron chi connectivity index (χ1n) is 8.51. The summed E-state index contributed by atoms with van der Waals surface area (Å²) < 4.78 is 0. The number of piperidine rings is 1. The number of nitrogens with one attached hydrogen (secondary N) is 1. The molecule has 2 fully saturated rings. The number of likely N-dealkylation sites (N-methyl/N-ethyl adjacent to an activating group) is 1. The van der Waals surface area contributed by atoms with Crippen molar-refractivity contribution in [2.24, 2.45) is 0 Å². The highest BCUT2D eigenvalue weighted by molar-refractivity contribution is 7.99. The van der Waals surface area contributed by atoms with Crippen molar-refractivity contribution >= 4 is 17.7 Å². The molecule has 0 saturated carbocycles. The van der Waals surface area contributed by atoms with Gasteiger partial charge in [-0.15, -0.1) is 11.8 Å². The number of carbonyl (C=O) groups excluding carboxylic acids is 1. The minimum atomic E-state index is 0.0163. The molecule has 0 unspecified atom stereocenters. The molecular weight excluding hydrogens is 306 g/mol. The van der Waals surface area contributed by atoms with E-state index in [-0.39, 0.29) is 11.9 Å². The molecule has 0 bridgehead atoms. The first-order valence-corrected chi connectivity index (χ1v) is 9.66. The van der Waals surface area contributed by atoms with Crippen molar-refractivity contribution < 1.29 is 4.79 Å². The molecule has 1 N–H and O–H groups in total. The maximum absolute atomic E-state index is 12.6. The van der Waals surface area contributed by atoms with Crippen LogP contribution in [0.3, 0.4) is 0 Å². The minimum absolute atomic E-state index is 0.0163. The lowest BCUT2D eigenvalue weighted by molar-refractivity contribution is -0.134. The molecule has 2 aliphatic rings. The van der Waals surface area contributed by atoms with Gasteiger partial charge in [0.05, 0.1) is 6.04 Å². The molecule has 1 aromatic rings. The van der Waals surface area contributed by atoms with E-state index < -0.39 is 0 Å². The topological polar surface area (TPSA) is 35.6 Å². The summed E-state index contributed by atoms with van der Waals surface area (Å²) >= 11 is 1.81. The number of nitrogens with zero attached hydrogens (tertiary/aromatic N) is 2. The van der Waals surface area contributed by atoms with Gasteiger partial charge in [-0.1, -0.05) is 30.3 Å². The summed E-state index contributed by atoms with van der Waals surface area (Å²) in [4.78, 5) is 17.1. The summed E-state index contributed by atoms with van der Waals surface area (Å²) in [5.74, 6) is 2.07. The number of hydrogen-bond donors (Lipinski definition) is 1. The third-order valence-electron chi connectivity index (χ3n) is 5.12. The highest BCUT2D eigenvalue weighted by atomic mass is 32.2. The van der Waals surface area contributed by atoms with Crippen molar-refractivity contribution in [3.8, 4) is 0 Å². The molecule has 0 spiro atoms. The lowest BCUT2D eigenvalue weighted by Gasteiger charge is -2.41. The van der Waals surface area contributed by atoms with E-state index in [1.165, 1.54) is 5.56 Å². The van der Waals surface area contributed by atoms with Gasteiger partial charge in [-0.05, 0) is 25.3 Å². The summed E-state index contributed by atoms with van der Waals surface area (Å²) in [5.41, 5.74) is 1.37. The van der Waals surface area contributed by atoms with Crippen LogP contribution in [0.5, 0.6) is 0 Å². The fourth-order valence-corrected chi connectivity index (χ4v) is 4.51. The first kappa shape index (κ1) is 16.8. The molecule has 126 valence electrons. The Hall–Kier alpha value is -1.04. The Labute approximate surface area is 143 Å². The van der Waals surface area contributed by atoms with Gasteiger partial charge in [0.15, 0.2) is 0 Å². The van der Waals surface area contributed by atoms with Crippen molar-refractivity contribution in [1.29, 1.82) is 0 Å². The van der Waals surface area contributed by atoms with Crippen LogP contribution in [0.15, 0.2) is 30.3 Å². The number of thioether (sulfide) groups is 1. The molecule has 5 heteroatoms. The van der Waals surface area contributed by atoms with Gasteiger partial charge in [-0.3, -0.25) is 15.0 Å². The number of carbonyl (C=O) groups is 1. The Balaban J connectivity index is 1.54. The Bertz CT molecular complexity index is 518. The quantitative estimate of drug-likeness (QED) is 0.916. The molecule has 0 aliphatic carbocycles. The molecule has 0 aromatic heterocycles. The Morgan fingerprint density at radius 3 is 2.83 bits per heavy atom. The molecule has 3 rings (SSSR count). The van der Waals surface area contributed by atoms with Crippen LogP contribution in [-0.2, 0) is 11.3 Å². The minimum Gasteiger partial charge on any atom is -0.341 e. The zero-order valence-electron chi connectivity index (χ0n) is 14.1. The standard InChI is InChI=1S/C18H27N3OS/c1-14-10-16(20(2)18(22)17-12-23-13-19-17)8-9-21(14)11-15-6-4-3-5-7-15/h3-7,14,16-17,19H,8-13H2,1-2H3/t14-,16+,17+/m1/s1. The smallest absolute Gasteiger partial charge is 0.240 e. The van der Waals surface area contributed by atoms with E-state index in [0.29, 0.717) is 12.1 Å². The van der Waals surface area contributed by atoms with Gasteiger partial charge >= 0.3 is 0 Å². The van der Waals surface area contributed by atoms with Gasteiger partial charge in [0.25, 0.3) is 0 Å². The van der Waals surface area contributed by atoms with Crippen molar-refractivity contribution in [3.05, 3.63) is 35.9 Å². The Morgan fingerprint density at radius 1 is 1.39 bits per heavy atom. The average Bonchev–Trinajstić information content (AvgIpc) is 3.11. The summed E-state index contributed by atoms with van der Waals surface area (Å²) in [7, 11) is 1.98. The molecule has 23 heavy (non-hydrogen) atoms. The molecule has 2 aliphatic heterocycles. The van der Waals surface area contributed by atoms with E-state index in [0.717, 1.165) is 37.6 Å². The van der Waals surface area contributed by atoms with Gasteiger partial charge in [0.2, 0.25) is 5.91 Å². The van der Waals surface area contributed by atoms with Crippen LogP contribution < -0.4 is 5.32 Å². The lowest BCUT2D eigenvalue weighted by Crippen LogP contribution is -2.52. The summed E-state index contributed by atoms with van der Waals surface area (Å²) in [5, 5.41) is 3.29. The number of rotatable bonds is 4. The predicted molar refractivity (Wildman–Crippen MR) is 96.4 cm³/mol. The largest absolute Gasteiger partial charge is 0.341 e. The summed E-state index contributed by atoms with van der Waals surface area (Å²) in [6.07, 6.45) is 2.13. The maximum atomic E-state index is 12.6. The van der Waals surface area contributed by atoms with E-state index >= 15 is 0 Å². The first-order chi connectivity index (χ1) is 11.1. The molecule has 3 atom stereocenters. The third kappa shape index (κ3) is 4.08. The highest BCUT2D eigenvalue weighted by Gasteiger charge is 2.33. The molecule has 0 radical (unpaired) electrons. The van der Waals surface area contributed by atoms with Crippen LogP contribution in [-0.4, -0.2) is 59.1 Å². The van der Waals surface area contributed by atoms with Crippen LogP contribution in [0.4, 0.5) is 0 Å². The summed E-state index contributed by atoms with van der Waals surface area (Å²) in [6.45, 7) is 4.36. The van der Waals surface area contributed by atoms with Crippen molar-refractivity contribution in [1.82, 2.24) is 15.1 Å². The molecule has 1 aromatic carbocycles. The van der Waals surface area contributed by atoms with Crippen molar-refractivity contribution in [3.63, 3.8) is 0 Å². The number of amides is 1. The zero-order valence-corrected chi connectivity index (χ0v) is 14.9. The predicted octanol–water partition coefficient (Wildman–Crippen LogP) is 2.16. The van der Waals surface area contributed by atoms with Crippen molar-refractivity contribution in [2.45, 2.75) is 44.4 Å². The average molecular weight is 334 g/mol. The normalized spacial score (nSPS) is 28.7. The third-order valence-corrected chi connectivity index (χ3v) is 6.06. The molecule has 1 amide bonds. The monoisotopic (exact) mass is 333 g/mol. The molecule has 2 saturated heterocycles. The fourth-order valence-electron chi connectivity index (χ4n) is 3.58. The van der Waals surface area contributed by atoms with E-state index in [1.54, 1.807) is 0 Å². The van der Waals surface area contributed by atoms with E-state index in [9.17, 15) is 4.79 Å². The molecule has 4 nitrogen and oxygen atoms in total. The second kappa shape index (κ2) is 7.69. The molecular formula is C18H27N3OS. The van der Waals surface area contributed by atoms with E-state index in [1.807, 2.05) is 23.7 Å². The zero-order chi connectivity index (χ0) is 16.2. The number of hydrogen-bond acceptors (Lipinski definition) is 4. The van der Waals surface area contributed by atoms with E-state index in [2.05, 4.69) is 47.5 Å². The maximum Gasteiger partial charge on any atom is 0.240 e. The lowest BCUT2D eigenvalue weighted by atomic mass is 9.96. The van der Waals surface area contributed by atoms with Crippen LogP contribution in [0.25, 0.3) is 0 Å². The summed E-state index contributed by atoms with van der Waals surface area (Å²) in [6, 6.07) is 11.6. The highest BCUT2D eigenvalue weighted by Crippen LogP contribution is 2.24. The fraction of sp³-hybridized carbons (Fsp3) is 0.611.